The molecule has 0 radical (unpaired) electrons. The number of nitrogens with zero attached hydrogens (tertiary/aromatic N) is 1. The van der Waals surface area contributed by atoms with Gasteiger partial charge >= 0.3 is 6.03 Å². The number of amides is 2. The van der Waals surface area contributed by atoms with Crippen molar-refractivity contribution in [2.24, 2.45) is 0 Å². The summed E-state index contributed by atoms with van der Waals surface area (Å²) in [6, 6.07) is 9.59. The monoisotopic (exact) mass is 204 g/mol. The molecule has 78 valence electrons. The maximum Gasteiger partial charge on any atom is 0.325 e. The van der Waals surface area contributed by atoms with E-state index in [1.54, 1.807) is 4.90 Å². The van der Waals surface area contributed by atoms with Crippen LogP contribution in [0.3, 0.4) is 0 Å². The molecule has 1 aromatic carbocycles. The predicted octanol–water partition coefficient (Wildman–Crippen LogP) is 1.33. The Labute approximate surface area is 87.8 Å². The fourth-order valence-electron chi connectivity index (χ4n) is 2.05. The Hall–Kier alpha value is -1.55. The van der Waals surface area contributed by atoms with Crippen molar-refractivity contribution < 1.29 is 9.53 Å². The third-order valence-corrected chi connectivity index (χ3v) is 3.00. The lowest BCUT2D eigenvalue weighted by atomic mass is 10.0. The lowest BCUT2D eigenvalue weighted by Gasteiger charge is -2.49. The average Bonchev–Trinajstić information content (AvgIpc) is 3.01. The van der Waals surface area contributed by atoms with Gasteiger partial charge in [0.25, 0.3) is 0 Å². The van der Waals surface area contributed by atoms with E-state index in [0.717, 1.165) is 12.3 Å². The number of urea groups is 1. The fourth-order valence-corrected chi connectivity index (χ4v) is 2.05. The Morgan fingerprint density at radius 2 is 2.13 bits per heavy atom. The van der Waals surface area contributed by atoms with Gasteiger partial charge in [-0.15, -0.1) is 0 Å². The van der Waals surface area contributed by atoms with Crippen LogP contribution < -0.4 is 10.2 Å². The summed E-state index contributed by atoms with van der Waals surface area (Å²) in [7, 11) is 0. The zero-order chi connectivity index (χ0) is 10.5. The van der Waals surface area contributed by atoms with Crippen LogP contribution in [-0.4, -0.2) is 24.4 Å². The Balaban J connectivity index is 1.94. The minimum absolute atomic E-state index is 0.0563. The molecule has 2 aliphatic heterocycles. The second-order valence-corrected chi connectivity index (χ2v) is 4.07. The number of epoxide rings is 1. The average molecular weight is 204 g/mol. The van der Waals surface area contributed by atoms with Gasteiger partial charge in [0, 0.05) is 5.69 Å². The van der Waals surface area contributed by atoms with Gasteiger partial charge in [-0.25, -0.2) is 4.79 Å². The van der Waals surface area contributed by atoms with Crippen molar-refractivity contribution in [3.05, 3.63) is 30.3 Å². The van der Waals surface area contributed by atoms with Gasteiger partial charge in [0.05, 0.1) is 6.61 Å². The summed E-state index contributed by atoms with van der Waals surface area (Å²) in [4.78, 5) is 13.3. The quantitative estimate of drug-likeness (QED) is 0.739. The van der Waals surface area contributed by atoms with Crippen molar-refractivity contribution >= 4 is 11.7 Å². The zero-order valence-corrected chi connectivity index (χ0v) is 8.43. The molecule has 2 heterocycles. The van der Waals surface area contributed by atoms with Crippen molar-refractivity contribution in [2.45, 2.75) is 18.7 Å². The van der Waals surface area contributed by atoms with Gasteiger partial charge in [0.1, 0.15) is 11.8 Å². The number of rotatable bonds is 2. The van der Waals surface area contributed by atoms with Gasteiger partial charge in [-0.3, -0.25) is 4.90 Å². The SMILES string of the molecule is CC1(C2CO2)NC(=O)N1c1ccccc1. The first-order chi connectivity index (χ1) is 7.22. The minimum atomic E-state index is -0.363. The van der Waals surface area contributed by atoms with Crippen LogP contribution in [0.1, 0.15) is 6.92 Å². The van der Waals surface area contributed by atoms with Crippen molar-refractivity contribution in [2.75, 3.05) is 11.5 Å². The molecule has 2 amide bonds. The van der Waals surface area contributed by atoms with E-state index in [1.165, 1.54) is 0 Å². The van der Waals surface area contributed by atoms with E-state index >= 15 is 0 Å². The molecule has 1 N–H and O–H groups in total. The van der Waals surface area contributed by atoms with Gasteiger partial charge in [-0.2, -0.15) is 0 Å². The molecule has 2 saturated heterocycles. The molecule has 2 unspecified atom stereocenters. The Morgan fingerprint density at radius 1 is 1.47 bits per heavy atom. The fraction of sp³-hybridized carbons (Fsp3) is 0.364. The Bertz CT molecular complexity index is 402. The summed E-state index contributed by atoms with van der Waals surface area (Å²) >= 11 is 0. The Morgan fingerprint density at radius 3 is 2.67 bits per heavy atom. The molecule has 2 aliphatic rings. The van der Waals surface area contributed by atoms with Crippen LogP contribution in [0.5, 0.6) is 0 Å². The highest BCUT2D eigenvalue weighted by molar-refractivity contribution is 6.00. The smallest absolute Gasteiger partial charge is 0.325 e. The molecule has 0 bridgehead atoms. The first kappa shape index (κ1) is 8.73. The molecule has 2 fully saturated rings. The van der Waals surface area contributed by atoms with Crippen LogP contribution in [0.15, 0.2) is 30.3 Å². The molecule has 1 aromatic rings. The minimum Gasteiger partial charge on any atom is -0.368 e. The number of para-hydroxylation sites is 1. The largest absolute Gasteiger partial charge is 0.368 e. The molecular weight excluding hydrogens is 192 g/mol. The van der Waals surface area contributed by atoms with E-state index in [4.69, 9.17) is 4.74 Å². The second-order valence-electron chi connectivity index (χ2n) is 4.07. The normalized spacial score (nSPS) is 33.3. The Kier molecular flexibility index (Phi) is 1.59. The van der Waals surface area contributed by atoms with Crippen molar-refractivity contribution in [1.82, 2.24) is 5.32 Å². The van der Waals surface area contributed by atoms with Gasteiger partial charge < -0.3 is 10.1 Å². The van der Waals surface area contributed by atoms with E-state index < -0.39 is 0 Å². The van der Waals surface area contributed by atoms with Crippen LogP contribution in [-0.2, 0) is 4.74 Å². The van der Waals surface area contributed by atoms with Gasteiger partial charge in [-0.1, -0.05) is 18.2 Å². The van der Waals surface area contributed by atoms with E-state index in [2.05, 4.69) is 5.32 Å². The van der Waals surface area contributed by atoms with E-state index in [-0.39, 0.29) is 17.8 Å². The molecule has 0 spiro atoms. The summed E-state index contributed by atoms with van der Waals surface area (Å²) in [5, 5.41) is 2.89. The molecule has 0 aliphatic carbocycles. The van der Waals surface area contributed by atoms with Crippen molar-refractivity contribution in [3.63, 3.8) is 0 Å². The summed E-state index contributed by atoms with van der Waals surface area (Å²) in [5.41, 5.74) is 0.553. The second kappa shape index (κ2) is 2.73. The molecular formula is C11H12N2O2. The molecule has 0 saturated carbocycles. The highest BCUT2D eigenvalue weighted by Gasteiger charge is 2.58. The van der Waals surface area contributed by atoms with E-state index in [9.17, 15) is 4.79 Å². The summed E-state index contributed by atoms with van der Waals surface area (Å²) in [6.45, 7) is 2.71. The number of carbonyl (C=O) groups excluding carboxylic acids is 1. The maximum atomic E-state index is 11.5. The molecule has 4 heteroatoms. The lowest BCUT2D eigenvalue weighted by Crippen LogP contribution is -2.77. The predicted molar refractivity (Wildman–Crippen MR) is 55.6 cm³/mol. The summed E-state index contributed by atoms with van der Waals surface area (Å²) in [5.74, 6) is 0. The number of carbonyl (C=O) groups is 1. The maximum absolute atomic E-state index is 11.5. The van der Waals surface area contributed by atoms with Crippen LogP contribution in [0.25, 0.3) is 0 Å². The van der Waals surface area contributed by atoms with Crippen LogP contribution in [0.2, 0.25) is 0 Å². The summed E-state index contributed by atoms with van der Waals surface area (Å²) < 4.78 is 5.26. The van der Waals surface area contributed by atoms with Crippen molar-refractivity contribution in [3.8, 4) is 0 Å². The van der Waals surface area contributed by atoms with Crippen LogP contribution >= 0.6 is 0 Å². The number of nitrogens with one attached hydrogen (secondary N) is 1. The first-order valence-electron chi connectivity index (χ1n) is 5.01. The van der Waals surface area contributed by atoms with Gasteiger partial charge in [0.15, 0.2) is 0 Å². The van der Waals surface area contributed by atoms with Crippen molar-refractivity contribution in [1.29, 1.82) is 0 Å². The van der Waals surface area contributed by atoms with Gasteiger partial charge in [-0.05, 0) is 19.1 Å². The number of hydrogen-bond donors (Lipinski definition) is 1. The standard InChI is InChI=1S/C11H12N2O2/c1-11(9-7-15-9)12-10(14)13(11)8-5-3-2-4-6-8/h2-6,9H,7H2,1H3,(H,12,14). The number of benzene rings is 1. The highest BCUT2D eigenvalue weighted by Crippen LogP contribution is 2.37. The molecule has 2 atom stereocenters. The van der Waals surface area contributed by atoms with Crippen LogP contribution in [0, 0.1) is 0 Å². The highest BCUT2D eigenvalue weighted by atomic mass is 16.6. The van der Waals surface area contributed by atoms with E-state index in [1.807, 2.05) is 37.3 Å². The third-order valence-electron chi connectivity index (χ3n) is 3.00. The molecule has 4 nitrogen and oxygen atoms in total. The number of ether oxygens (including phenoxy) is 1. The number of anilines is 1. The molecule has 0 aromatic heterocycles. The van der Waals surface area contributed by atoms with Crippen LogP contribution in [0.4, 0.5) is 10.5 Å². The lowest BCUT2D eigenvalue weighted by molar-refractivity contribution is 0.171. The first-order valence-corrected chi connectivity index (χ1v) is 5.01. The molecule has 15 heavy (non-hydrogen) atoms. The van der Waals surface area contributed by atoms with Gasteiger partial charge in [0.2, 0.25) is 0 Å². The number of hydrogen-bond acceptors (Lipinski definition) is 2. The molecule has 3 rings (SSSR count). The third kappa shape index (κ3) is 1.15. The van der Waals surface area contributed by atoms with E-state index in [0.29, 0.717) is 0 Å². The topological polar surface area (TPSA) is 44.9 Å². The summed E-state index contributed by atoms with van der Waals surface area (Å²) in [6.07, 6.45) is 0.121. The zero-order valence-electron chi connectivity index (χ0n) is 8.43.